The zero-order chi connectivity index (χ0) is 26.9. The number of nitrogens with zero attached hydrogens (tertiary/aromatic N) is 4. The molecule has 1 fully saturated rings. The molecule has 0 saturated carbocycles. The number of alkyl halides is 3. The highest BCUT2D eigenvalue weighted by Crippen LogP contribution is 2.33. The number of carbonyl (C=O) groups is 1. The number of hydrazone groups is 1. The fourth-order valence-electron chi connectivity index (χ4n) is 4.89. The molecule has 37 heavy (non-hydrogen) atoms. The van der Waals surface area contributed by atoms with E-state index in [9.17, 15) is 18.0 Å². The SMILES string of the molecule is CNC(=O)N1N=C(c2ccc(N(C)C3CCN(C)CC3)cc2)c2cc(OC(F)(F)F)cc(F)c2C[C@H]1C. The number of hydrogen-bond donors (Lipinski definition) is 1. The summed E-state index contributed by atoms with van der Waals surface area (Å²) in [5.74, 6) is -1.54. The molecule has 11 heteroatoms. The molecule has 0 aromatic heterocycles. The summed E-state index contributed by atoms with van der Waals surface area (Å²) in [6, 6.07) is 8.56. The third-order valence-electron chi connectivity index (χ3n) is 6.99. The minimum Gasteiger partial charge on any atom is -0.406 e. The molecule has 2 heterocycles. The van der Waals surface area contributed by atoms with E-state index >= 15 is 4.39 Å². The zero-order valence-electron chi connectivity index (χ0n) is 21.3. The number of rotatable bonds is 4. The molecule has 1 atom stereocenters. The average Bonchev–Trinajstić information content (AvgIpc) is 2.99. The summed E-state index contributed by atoms with van der Waals surface area (Å²) in [4.78, 5) is 17.1. The van der Waals surface area contributed by atoms with Gasteiger partial charge in [0.05, 0.1) is 11.8 Å². The number of halogens is 4. The third kappa shape index (κ3) is 5.98. The molecule has 2 aromatic rings. The van der Waals surface area contributed by atoms with Gasteiger partial charge < -0.3 is 19.9 Å². The number of ether oxygens (including phenoxy) is 1. The molecule has 0 spiro atoms. The molecule has 1 N–H and O–H groups in total. The van der Waals surface area contributed by atoms with E-state index in [0.717, 1.165) is 37.7 Å². The summed E-state index contributed by atoms with van der Waals surface area (Å²) in [5, 5.41) is 8.21. The van der Waals surface area contributed by atoms with Crippen LogP contribution in [0, 0.1) is 5.82 Å². The monoisotopic (exact) mass is 521 g/mol. The Bertz CT molecular complexity index is 1160. The number of anilines is 1. The van der Waals surface area contributed by atoms with Crippen LogP contribution in [0.15, 0.2) is 41.5 Å². The first-order chi connectivity index (χ1) is 17.5. The first-order valence-electron chi connectivity index (χ1n) is 12.2. The molecule has 0 radical (unpaired) electrons. The van der Waals surface area contributed by atoms with Gasteiger partial charge in [0, 0.05) is 43.0 Å². The van der Waals surface area contributed by atoms with E-state index in [1.807, 2.05) is 19.2 Å². The van der Waals surface area contributed by atoms with Crippen molar-refractivity contribution in [2.45, 2.75) is 44.6 Å². The lowest BCUT2D eigenvalue weighted by Crippen LogP contribution is -2.42. The van der Waals surface area contributed by atoms with Crippen molar-refractivity contribution in [2.24, 2.45) is 5.10 Å². The van der Waals surface area contributed by atoms with Crippen molar-refractivity contribution in [3.8, 4) is 5.75 Å². The number of piperidine rings is 1. The molecule has 7 nitrogen and oxygen atoms in total. The van der Waals surface area contributed by atoms with E-state index in [2.05, 4.69) is 32.0 Å². The van der Waals surface area contributed by atoms with Gasteiger partial charge in [-0.2, -0.15) is 5.10 Å². The average molecular weight is 522 g/mol. The van der Waals surface area contributed by atoms with Gasteiger partial charge in [0.2, 0.25) is 0 Å². The summed E-state index contributed by atoms with van der Waals surface area (Å²) in [7, 11) is 5.59. The Balaban J connectivity index is 1.75. The molecule has 200 valence electrons. The van der Waals surface area contributed by atoms with Crippen molar-refractivity contribution >= 4 is 17.4 Å². The minimum absolute atomic E-state index is 0.0603. The van der Waals surface area contributed by atoms with E-state index < -0.39 is 30.0 Å². The summed E-state index contributed by atoms with van der Waals surface area (Å²) < 4.78 is 58.0. The van der Waals surface area contributed by atoms with Crippen LogP contribution in [-0.2, 0) is 6.42 Å². The highest BCUT2D eigenvalue weighted by molar-refractivity contribution is 6.14. The molecule has 0 bridgehead atoms. The standard InChI is InChI=1S/C26H31F4N5O2/c1-16-13-21-22(14-20(15-23(21)27)37-26(28,29)30)24(32-35(16)25(36)31-2)17-5-7-18(8-6-17)34(4)19-9-11-33(3)12-10-19/h5-8,14-16,19H,9-13H2,1-4H3,(H,31,36)/t16-/m1/s1. The third-order valence-corrected chi connectivity index (χ3v) is 6.99. The number of nitrogens with one attached hydrogen (secondary N) is 1. The van der Waals surface area contributed by atoms with Gasteiger partial charge >= 0.3 is 12.4 Å². The van der Waals surface area contributed by atoms with Crippen molar-refractivity contribution in [1.29, 1.82) is 0 Å². The molecule has 4 rings (SSSR count). The van der Waals surface area contributed by atoms with Gasteiger partial charge in [-0.25, -0.2) is 14.2 Å². The van der Waals surface area contributed by atoms with Crippen LogP contribution in [0.4, 0.5) is 28.0 Å². The van der Waals surface area contributed by atoms with Gasteiger partial charge in [-0.15, -0.1) is 13.2 Å². The Morgan fingerprint density at radius 3 is 2.41 bits per heavy atom. The number of carbonyl (C=O) groups excluding carboxylic acids is 1. The zero-order valence-corrected chi connectivity index (χ0v) is 21.3. The van der Waals surface area contributed by atoms with Crippen LogP contribution in [0.1, 0.15) is 36.5 Å². The molecule has 0 unspecified atom stereocenters. The van der Waals surface area contributed by atoms with Gasteiger partial charge in [0.1, 0.15) is 11.6 Å². The maximum Gasteiger partial charge on any atom is 0.573 e. The molecule has 2 aliphatic rings. The summed E-state index contributed by atoms with van der Waals surface area (Å²) in [5.41, 5.74) is 2.01. The maximum absolute atomic E-state index is 15.1. The van der Waals surface area contributed by atoms with Crippen LogP contribution in [0.25, 0.3) is 0 Å². The molecular weight excluding hydrogens is 490 g/mol. The lowest BCUT2D eigenvalue weighted by Gasteiger charge is -2.36. The van der Waals surface area contributed by atoms with E-state index in [1.165, 1.54) is 12.1 Å². The number of fused-ring (bicyclic) bond motifs is 1. The quantitative estimate of drug-likeness (QED) is 0.598. The molecular formula is C26H31F4N5O2. The fraction of sp³-hybridized carbons (Fsp3) is 0.462. The molecule has 2 amide bonds. The Hall–Kier alpha value is -3.34. The second kappa shape index (κ2) is 10.6. The summed E-state index contributed by atoms with van der Waals surface area (Å²) in [6.45, 7) is 3.73. The number of likely N-dealkylation sites (tertiary alicyclic amines) is 1. The number of urea groups is 1. The molecule has 0 aliphatic carbocycles. The molecule has 2 aliphatic heterocycles. The van der Waals surface area contributed by atoms with Crippen molar-refractivity contribution in [1.82, 2.24) is 15.2 Å². The topological polar surface area (TPSA) is 60.4 Å². The van der Waals surface area contributed by atoms with Gasteiger partial charge in [0.25, 0.3) is 0 Å². The van der Waals surface area contributed by atoms with Crippen LogP contribution in [0.3, 0.4) is 0 Å². The van der Waals surface area contributed by atoms with Gasteiger partial charge in [-0.05, 0) is 70.1 Å². The van der Waals surface area contributed by atoms with Gasteiger partial charge in [-0.1, -0.05) is 12.1 Å². The summed E-state index contributed by atoms with van der Waals surface area (Å²) in [6.07, 6.45) is -2.85. The van der Waals surface area contributed by atoms with Crippen LogP contribution in [0.2, 0.25) is 0 Å². The largest absolute Gasteiger partial charge is 0.573 e. The van der Waals surface area contributed by atoms with Crippen LogP contribution < -0.4 is 15.0 Å². The second-order valence-corrected chi connectivity index (χ2v) is 9.57. The van der Waals surface area contributed by atoms with Crippen molar-refractivity contribution < 1.29 is 27.1 Å². The second-order valence-electron chi connectivity index (χ2n) is 9.57. The van der Waals surface area contributed by atoms with E-state index in [0.29, 0.717) is 17.7 Å². The first-order valence-corrected chi connectivity index (χ1v) is 12.2. The van der Waals surface area contributed by atoms with E-state index in [4.69, 9.17) is 0 Å². The Morgan fingerprint density at radius 2 is 1.81 bits per heavy atom. The Labute approximate surface area is 213 Å². The van der Waals surface area contributed by atoms with Crippen LogP contribution in [-0.4, -0.2) is 74.3 Å². The highest BCUT2D eigenvalue weighted by Gasteiger charge is 2.34. The number of hydrogen-bond acceptors (Lipinski definition) is 5. The smallest absolute Gasteiger partial charge is 0.406 e. The normalized spacial score (nSPS) is 19.1. The maximum atomic E-state index is 15.1. The van der Waals surface area contributed by atoms with Gasteiger partial charge in [-0.3, -0.25) is 0 Å². The first kappa shape index (κ1) is 26.7. The highest BCUT2D eigenvalue weighted by atomic mass is 19.4. The molecule has 2 aromatic carbocycles. The Kier molecular flexibility index (Phi) is 7.63. The van der Waals surface area contributed by atoms with Crippen molar-refractivity contribution in [2.75, 3.05) is 39.1 Å². The van der Waals surface area contributed by atoms with E-state index in [1.54, 1.807) is 19.1 Å². The number of amides is 2. The minimum atomic E-state index is -4.98. The van der Waals surface area contributed by atoms with Crippen molar-refractivity contribution in [3.63, 3.8) is 0 Å². The van der Waals surface area contributed by atoms with Gasteiger partial charge in [0.15, 0.2) is 0 Å². The lowest BCUT2D eigenvalue weighted by molar-refractivity contribution is -0.274. The van der Waals surface area contributed by atoms with Crippen LogP contribution in [0.5, 0.6) is 5.75 Å². The number of benzene rings is 2. The predicted molar refractivity (Wildman–Crippen MR) is 134 cm³/mol. The Morgan fingerprint density at radius 1 is 1.16 bits per heavy atom. The lowest BCUT2D eigenvalue weighted by atomic mass is 9.93. The van der Waals surface area contributed by atoms with Crippen LogP contribution >= 0.6 is 0 Å². The van der Waals surface area contributed by atoms with Crippen molar-refractivity contribution in [3.05, 3.63) is 58.9 Å². The fourth-order valence-corrected chi connectivity index (χ4v) is 4.89. The predicted octanol–water partition coefficient (Wildman–Crippen LogP) is 4.59. The molecule has 1 saturated heterocycles. The van der Waals surface area contributed by atoms with E-state index in [-0.39, 0.29) is 23.3 Å². The summed E-state index contributed by atoms with van der Waals surface area (Å²) >= 11 is 0.